The van der Waals surface area contributed by atoms with Crippen molar-refractivity contribution in [3.63, 3.8) is 0 Å². The molecule has 80 valence electrons. The summed E-state index contributed by atoms with van der Waals surface area (Å²) in [5, 5.41) is 0. The van der Waals surface area contributed by atoms with Gasteiger partial charge in [0, 0.05) is 0 Å². The van der Waals surface area contributed by atoms with Crippen LogP contribution < -0.4 is 0 Å². The summed E-state index contributed by atoms with van der Waals surface area (Å²) in [6.07, 6.45) is 4.08. The van der Waals surface area contributed by atoms with Crippen molar-refractivity contribution in [2.45, 2.75) is 33.6 Å². The molecular weight excluding hydrogens is 196 g/mol. The molecule has 3 heteroatoms. The van der Waals surface area contributed by atoms with Crippen LogP contribution >= 0.6 is 0 Å². The maximum absolute atomic E-state index is 11.7. The van der Waals surface area contributed by atoms with Crippen LogP contribution in [-0.2, 0) is 9.84 Å². The lowest BCUT2D eigenvalue weighted by molar-refractivity contribution is 0.126. The van der Waals surface area contributed by atoms with Crippen LogP contribution in [-0.4, -0.2) is 19.9 Å². The first-order valence-corrected chi connectivity index (χ1v) is 6.95. The Labute approximate surface area is 86.3 Å². The predicted molar refractivity (Wildman–Crippen MR) is 57.9 cm³/mol. The molecule has 0 aromatic rings. The van der Waals surface area contributed by atoms with Gasteiger partial charge in [0.05, 0.1) is 11.5 Å². The Morgan fingerprint density at radius 3 is 2.43 bits per heavy atom. The lowest BCUT2D eigenvalue weighted by Crippen LogP contribution is -2.38. The molecule has 2 aliphatic rings. The van der Waals surface area contributed by atoms with Crippen LogP contribution in [0.15, 0.2) is 11.6 Å². The molecule has 2 rings (SSSR count). The Morgan fingerprint density at radius 1 is 1.21 bits per heavy atom. The Hall–Kier alpha value is -0.310. The van der Waals surface area contributed by atoms with Crippen molar-refractivity contribution >= 4 is 9.84 Å². The maximum Gasteiger partial charge on any atom is 0.151 e. The van der Waals surface area contributed by atoms with Gasteiger partial charge in [-0.15, -0.1) is 0 Å². The SMILES string of the molecule is CC1=CCC2(C)CS(=O)(=O)CC2(C)C1. The lowest BCUT2D eigenvalue weighted by Gasteiger charge is -2.42. The predicted octanol–water partition coefficient (Wildman–Crippen LogP) is 2.17. The Balaban J connectivity index is 2.46. The summed E-state index contributed by atoms with van der Waals surface area (Å²) in [7, 11) is -2.80. The van der Waals surface area contributed by atoms with Crippen LogP contribution in [0, 0.1) is 10.8 Å². The van der Waals surface area contributed by atoms with E-state index in [-0.39, 0.29) is 10.8 Å². The molecular formula is C11H18O2S. The number of hydrogen-bond donors (Lipinski definition) is 0. The average Bonchev–Trinajstić information content (AvgIpc) is 2.13. The van der Waals surface area contributed by atoms with Crippen molar-refractivity contribution in [1.82, 2.24) is 0 Å². The topological polar surface area (TPSA) is 34.1 Å². The van der Waals surface area contributed by atoms with E-state index in [4.69, 9.17) is 0 Å². The highest BCUT2D eigenvalue weighted by Gasteiger charge is 2.55. The molecule has 2 nitrogen and oxygen atoms in total. The van der Waals surface area contributed by atoms with Gasteiger partial charge in [0.25, 0.3) is 0 Å². The molecule has 0 amide bonds. The largest absolute Gasteiger partial charge is 0.229 e. The summed E-state index contributed by atoms with van der Waals surface area (Å²) < 4.78 is 23.4. The minimum atomic E-state index is -2.80. The molecule has 0 aromatic heterocycles. The molecule has 0 bridgehead atoms. The van der Waals surface area contributed by atoms with Crippen molar-refractivity contribution in [3.05, 3.63) is 11.6 Å². The van der Waals surface area contributed by atoms with E-state index in [9.17, 15) is 8.42 Å². The first-order chi connectivity index (χ1) is 6.27. The van der Waals surface area contributed by atoms with Crippen molar-refractivity contribution < 1.29 is 8.42 Å². The molecule has 2 atom stereocenters. The van der Waals surface area contributed by atoms with Crippen molar-refractivity contribution in [3.8, 4) is 0 Å². The third-order valence-electron chi connectivity index (χ3n) is 4.10. The fourth-order valence-electron chi connectivity index (χ4n) is 3.03. The minimum absolute atomic E-state index is 0.0225. The van der Waals surface area contributed by atoms with Crippen LogP contribution in [0.2, 0.25) is 0 Å². The molecule has 0 saturated carbocycles. The third kappa shape index (κ3) is 1.33. The smallest absolute Gasteiger partial charge is 0.151 e. The average molecular weight is 214 g/mol. The van der Waals surface area contributed by atoms with Crippen LogP contribution in [0.25, 0.3) is 0 Å². The second kappa shape index (κ2) is 2.63. The molecule has 0 aromatic carbocycles. The Bertz CT molecular complexity index is 394. The number of hydrogen-bond acceptors (Lipinski definition) is 2. The van der Waals surface area contributed by atoms with Gasteiger partial charge in [-0.1, -0.05) is 25.5 Å². The number of fused-ring (bicyclic) bond motifs is 1. The first-order valence-electron chi connectivity index (χ1n) is 5.13. The standard InChI is InChI=1S/C11H18O2S/c1-9-4-5-10(2)7-14(12,13)8-11(10,3)6-9/h4H,5-8H2,1-3H3. The number of allylic oxidation sites excluding steroid dienone is 2. The molecule has 1 saturated heterocycles. The molecule has 1 heterocycles. The van der Waals surface area contributed by atoms with Gasteiger partial charge < -0.3 is 0 Å². The molecule has 1 fully saturated rings. The van der Waals surface area contributed by atoms with Gasteiger partial charge in [-0.25, -0.2) is 8.42 Å². The molecule has 1 aliphatic heterocycles. The van der Waals surface area contributed by atoms with Crippen LogP contribution in [0.4, 0.5) is 0 Å². The molecule has 14 heavy (non-hydrogen) atoms. The second-order valence-electron chi connectivity index (χ2n) is 5.58. The third-order valence-corrected chi connectivity index (χ3v) is 6.26. The molecule has 0 radical (unpaired) electrons. The summed E-state index contributed by atoms with van der Waals surface area (Å²) in [5.74, 6) is 0.752. The van der Waals surface area contributed by atoms with E-state index in [1.807, 2.05) is 0 Å². The van der Waals surface area contributed by atoms with E-state index >= 15 is 0 Å². The van der Waals surface area contributed by atoms with Gasteiger partial charge in [-0.3, -0.25) is 0 Å². The fraction of sp³-hybridized carbons (Fsp3) is 0.818. The van der Waals surface area contributed by atoms with E-state index in [0.717, 1.165) is 12.8 Å². The summed E-state index contributed by atoms with van der Waals surface area (Å²) >= 11 is 0. The van der Waals surface area contributed by atoms with Crippen LogP contribution in [0.5, 0.6) is 0 Å². The van der Waals surface area contributed by atoms with Crippen molar-refractivity contribution in [2.75, 3.05) is 11.5 Å². The summed E-state index contributed by atoms with van der Waals surface area (Å²) in [6, 6.07) is 0. The summed E-state index contributed by atoms with van der Waals surface area (Å²) in [6.45, 7) is 6.37. The maximum atomic E-state index is 11.7. The van der Waals surface area contributed by atoms with E-state index in [1.54, 1.807) is 0 Å². The first kappa shape index (κ1) is 10.2. The molecule has 0 spiro atoms. The number of sulfone groups is 1. The van der Waals surface area contributed by atoms with Crippen molar-refractivity contribution in [2.24, 2.45) is 10.8 Å². The fourth-order valence-corrected chi connectivity index (χ4v) is 5.99. The molecule has 2 unspecified atom stereocenters. The van der Waals surface area contributed by atoms with Crippen LogP contribution in [0.1, 0.15) is 33.6 Å². The van der Waals surface area contributed by atoms with Crippen LogP contribution in [0.3, 0.4) is 0 Å². The Morgan fingerprint density at radius 2 is 1.79 bits per heavy atom. The van der Waals surface area contributed by atoms with E-state index in [1.165, 1.54) is 5.57 Å². The van der Waals surface area contributed by atoms with Gasteiger partial charge in [-0.05, 0) is 30.6 Å². The molecule has 1 aliphatic carbocycles. The second-order valence-corrected chi connectivity index (χ2v) is 7.65. The Kier molecular flexibility index (Phi) is 1.92. The summed E-state index contributed by atoms with van der Waals surface area (Å²) in [4.78, 5) is 0. The van der Waals surface area contributed by atoms with Crippen molar-refractivity contribution in [1.29, 1.82) is 0 Å². The lowest BCUT2D eigenvalue weighted by atomic mass is 9.60. The van der Waals surface area contributed by atoms with Gasteiger partial charge in [0.2, 0.25) is 0 Å². The highest BCUT2D eigenvalue weighted by molar-refractivity contribution is 7.91. The quantitative estimate of drug-likeness (QED) is 0.579. The zero-order chi connectivity index (χ0) is 10.6. The van der Waals surface area contributed by atoms with E-state index < -0.39 is 9.84 Å². The van der Waals surface area contributed by atoms with E-state index in [0.29, 0.717) is 11.5 Å². The molecule has 0 N–H and O–H groups in total. The normalized spacial score (nSPS) is 45.8. The number of rotatable bonds is 0. The van der Waals surface area contributed by atoms with Gasteiger partial charge >= 0.3 is 0 Å². The summed E-state index contributed by atoms with van der Waals surface area (Å²) in [5.41, 5.74) is 1.30. The van der Waals surface area contributed by atoms with Gasteiger partial charge in [0.15, 0.2) is 9.84 Å². The highest BCUT2D eigenvalue weighted by atomic mass is 32.2. The van der Waals surface area contributed by atoms with Gasteiger partial charge in [0.1, 0.15) is 0 Å². The zero-order valence-electron chi connectivity index (χ0n) is 9.13. The zero-order valence-corrected chi connectivity index (χ0v) is 9.95. The monoisotopic (exact) mass is 214 g/mol. The highest BCUT2D eigenvalue weighted by Crippen LogP contribution is 2.55. The van der Waals surface area contributed by atoms with E-state index in [2.05, 4.69) is 26.8 Å². The van der Waals surface area contributed by atoms with Gasteiger partial charge in [-0.2, -0.15) is 0 Å². The minimum Gasteiger partial charge on any atom is -0.229 e.